The maximum atomic E-state index is 12.4. The molecule has 0 N–H and O–H groups in total. The van der Waals surface area contributed by atoms with Gasteiger partial charge in [0.05, 0.1) is 0 Å². The van der Waals surface area contributed by atoms with Crippen LogP contribution in [0.25, 0.3) is 0 Å². The number of carbonyl (C=O) groups is 1. The summed E-state index contributed by atoms with van der Waals surface area (Å²) >= 11 is 6.88. The molecule has 0 aliphatic heterocycles. The van der Waals surface area contributed by atoms with E-state index in [-0.39, 0.29) is 5.91 Å². The van der Waals surface area contributed by atoms with E-state index in [1.807, 2.05) is 30.0 Å². The van der Waals surface area contributed by atoms with Crippen LogP contribution in [-0.4, -0.2) is 29.2 Å². The first-order chi connectivity index (χ1) is 8.60. The lowest BCUT2D eigenvalue weighted by molar-refractivity contribution is 0.0764. The van der Waals surface area contributed by atoms with Gasteiger partial charge in [0.2, 0.25) is 0 Å². The molecule has 1 rings (SSSR count). The van der Waals surface area contributed by atoms with Crippen molar-refractivity contribution in [2.75, 3.05) is 18.4 Å². The van der Waals surface area contributed by atoms with Crippen LogP contribution in [0.1, 0.15) is 35.7 Å². The molecule has 1 aromatic rings. The summed E-state index contributed by atoms with van der Waals surface area (Å²) in [6, 6.07) is 5.78. The largest absolute Gasteiger partial charge is 0.338 e. The number of carbonyl (C=O) groups excluding carboxylic acids is 1. The lowest BCUT2D eigenvalue weighted by atomic mass is 10.1. The van der Waals surface area contributed by atoms with E-state index in [1.54, 1.807) is 0 Å². The normalized spacial score (nSPS) is 10.4. The fourth-order valence-electron chi connectivity index (χ4n) is 1.67. The summed E-state index contributed by atoms with van der Waals surface area (Å²) in [5.74, 6) is 0.114. The van der Waals surface area contributed by atoms with Crippen molar-refractivity contribution in [1.82, 2.24) is 4.90 Å². The molecule has 1 amide bonds. The second-order valence-electron chi connectivity index (χ2n) is 4.30. The summed E-state index contributed by atoms with van der Waals surface area (Å²) < 4.78 is 0.989. The number of hydrogen-bond acceptors (Lipinski definition) is 1. The molecule has 18 heavy (non-hydrogen) atoms. The molecular formula is C14H19Br2NO. The van der Waals surface area contributed by atoms with E-state index in [0.29, 0.717) is 0 Å². The van der Waals surface area contributed by atoms with Crippen LogP contribution in [0.2, 0.25) is 0 Å². The SMILES string of the molecule is CCCCN(CCBr)C(=O)c1ccc(C)c(Br)c1. The second kappa shape index (κ2) is 7.95. The summed E-state index contributed by atoms with van der Waals surface area (Å²) in [5.41, 5.74) is 1.90. The predicted octanol–water partition coefficient (Wildman–Crippen LogP) is 4.39. The van der Waals surface area contributed by atoms with Gasteiger partial charge in [-0.2, -0.15) is 0 Å². The van der Waals surface area contributed by atoms with Crippen molar-refractivity contribution in [3.05, 3.63) is 33.8 Å². The highest BCUT2D eigenvalue weighted by molar-refractivity contribution is 9.10. The summed E-state index contributed by atoms with van der Waals surface area (Å²) in [5, 5.41) is 0.815. The second-order valence-corrected chi connectivity index (χ2v) is 5.95. The zero-order chi connectivity index (χ0) is 13.5. The maximum absolute atomic E-state index is 12.4. The molecule has 0 saturated heterocycles. The molecule has 0 saturated carbocycles. The van der Waals surface area contributed by atoms with Crippen LogP contribution in [0, 0.1) is 6.92 Å². The van der Waals surface area contributed by atoms with Crippen LogP contribution in [0.4, 0.5) is 0 Å². The summed E-state index contributed by atoms with van der Waals surface area (Å²) in [6.45, 7) is 5.74. The van der Waals surface area contributed by atoms with Gasteiger partial charge in [0.1, 0.15) is 0 Å². The minimum atomic E-state index is 0.114. The first-order valence-electron chi connectivity index (χ1n) is 6.21. The Morgan fingerprint density at radius 1 is 1.33 bits per heavy atom. The first kappa shape index (κ1) is 15.7. The zero-order valence-corrected chi connectivity index (χ0v) is 14.1. The van der Waals surface area contributed by atoms with Crippen molar-refractivity contribution in [2.45, 2.75) is 26.7 Å². The van der Waals surface area contributed by atoms with Crippen LogP contribution in [-0.2, 0) is 0 Å². The van der Waals surface area contributed by atoms with Gasteiger partial charge in [-0.15, -0.1) is 0 Å². The number of aryl methyl sites for hydroxylation is 1. The number of amides is 1. The van der Waals surface area contributed by atoms with E-state index < -0.39 is 0 Å². The fourth-order valence-corrected chi connectivity index (χ4v) is 2.48. The van der Waals surface area contributed by atoms with Crippen molar-refractivity contribution in [2.24, 2.45) is 0 Å². The highest BCUT2D eigenvalue weighted by atomic mass is 79.9. The Bertz CT molecular complexity index is 407. The Labute approximate surface area is 126 Å². The molecule has 0 aliphatic rings. The summed E-state index contributed by atoms with van der Waals surface area (Å²) in [6.07, 6.45) is 2.15. The lowest BCUT2D eigenvalue weighted by Gasteiger charge is -2.21. The summed E-state index contributed by atoms with van der Waals surface area (Å²) in [7, 11) is 0. The summed E-state index contributed by atoms with van der Waals surface area (Å²) in [4.78, 5) is 14.3. The molecule has 0 bridgehead atoms. The average molecular weight is 377 g/mol. The first-order valence-corrected chi connectivity index (χ1v) is 8.13. The topological polar surface area (TPSA) is 20.3 Å². The fraction of sp³-hybridized carbons (Fsp3) is 0.500. The van der Waals surface area contributed by atoms with Crippen molar-refractivity contribution in [3.63, 3.8) is 0 Å². The minimum Gasteiger partial charge on any atom is -0.338 e. The van der Waals surface area contributed by atoms with Crippen molar-refractivity contribution >= 4 is 37.8 Å². The van der Waals surface area contributed by atoms with E-state index >= 15 is 0 Å². The van der Waals surface area contributed by atoms with Crippen LogP contribution in [0.5, 0.6) is 0 Å². The molecule has 0 radical (unpaired) electrons. The smallest absolute Gasteiger partial charge is 0.253 e. The molecule has 1 aromatic carbocycles. The van der Waals surface area contributed by atoms with E-state index in [9.17, 15) is 4.79 Å². The Morgan fingerprint density at radius 3 is 2.61 bits per heavy atom. The Kier molecular flexibility index (Phi) is 6.94. The van der Waals surface area contributed by atoms with Crippen molar-refractivity contribution in [3.8, 4) is 0 Å². The average Bonchev–Trinajstić information content (AvgIpc) is 2.37. The van der Waals surface area contributed by atoms with Gasteiger partial charge in [-0.3, -0.25) is 4.79 Å². The van der Waals surface area contributed by atoms with Gasteiger partial charge in [-0.1, -0.05) is 51.3 Å². The third-order valence-corrected chi connectivity index (χ3v) is 4.05. The number of halogens is 2. The van der Waals surface area contributed by atoms with Gasteiger partial charge < -0.3 is 4.90 Å². The van der Waals surface area contributed by atoms with Gasteiger partial charge in [0.15, 0.2) is 0 Å². The standard InChI is InChI=1S/C14H19Br2NO/c1-3-4-8-17(9-7-15)14(18)12-6-5-11(2)13(16)10-12/h5-6,10H,3-4,7-9H2,1-2H3. The van der Waals surface area contributed by atoms with Crippen LogP contribution in [0.3, 0.4) is 0 Å². The molecule has 0 atom stereocenters. The third kappa shape index (κ3) is 4.39. The Morgan fingerprint density at radius 2 is 2.06 bits per heavy atom. The molecule has 2 nitrogen and oxygen atoms in total. The van der Waals surface area contributed by atoms with E-state index in [2.05, 4.69) is 38.8 Å². The number of unbranched alkanes of at least 4 members (excludes halogenated alkanes) is 1. The number of alkyl halides is 1. The number of rotatable bonds is 6. The molecule has 0 fully saturated rings. The quantitative estimate of drug-likeness (QED) is 0.674. The lowest BCUT2D eigenvalue weighted by Crippen LogP contribution is -2.33. The molecule has 100 valence electrons. The van der Waals surface area contributed by atoms with Crippen LogP contribution in [0.15, 0.2) is 22.7 Å². The van der Waals surface area contributed by atoms with E-state index in [0.717, 1.165) is 46.9 Å². The molecular weight excluding hydrogens is 358 g/mol. The minimum absolute atomic E-state index is 0.114. The predicted molar refractivity (Wildman–Crippen MR) is 83.5 cm³/mol. The van der Waals surface area contributed by atoms with Gasteiger partial charge in [-0.05, 0) is 31.0 Å². The Balaban J connectivity index is 2.83. The third-order valence-electron chi connectivity index (χ3n) is 2.84. The van der Waals surface area contributed by atoms with E-state index in [4.69, 9.17) is 0 Å². The number of benzene rings is 1. The molecule has 0 spiro atoms. The van der Waals surface area contributed by atoms with Gasteiger partial charge in [0, 0.05) is 28.5 Å². The van der Waals surface area contributed by atoms with Crippen LogP contribution < -0.4 is 0 Å². The molecule has 0 aromatic heterocycles. The molecule has 4 heteroatoms. The number of hydrogen-bond donors (Lipinski definition) is 0. The highest BCUT2D eigenvalue weighted by Crippen LogP contribution is 2.18. The van der Waals surface area contributed by atoms with Crippen molar-refractivity contribution in [1.29, 1.82) is 0 Å². The Hall–Kier alpha value is -0.350. The molecule has 0 heterocycles. The van der Waals surface area contributed by atoms with Crippen molar-refractivity contribution < 1.29 is 4.79 Å². The van der Waals surface area contributed by atoms with Crippen LogP contribution >= 0.6 is 31.9 Å². The van der Waals surface area contributed by atoms with Gasteiger partial charge >= 0.3 is 0 Å². The van der Waals surface area contributed by atoms with Gasteiger partial charge in [-0.25, -0.2) is 0 Å². The highest BCUT2D eigenvalue weighted by Gasteiger charge is 2.15. The molecule has 0 aliphatic carbocycles. The number of nitrogens with zero attached hydrogens (tertiary/aromatic N) is 1. The van der Waals surface area contributed by atoms with Gasteiger partial charge in [0.25, 0.3) is 5.91 Å². The maximum Gasteiger partial charge on any atom is 0.253 e. The monoisotopic (exact) mass is 375 g/mol. The van der Waals surface area contributed by atoms with E-state index in [1.165, 1.54) is 0 Å². The molecule has 0 unspecified atom stereocenters. The zero-order valence-electron chi connectivity index (χ0n) is 10.9.